The summed E-state index contributed by atoms with van der Waals surface area (Å²) in [6.45, 7) is 2.08. The highest BCUT2D eigenvalue weighted by molar-refractivity contribution is 5.79. The molecule has 0 aromatic rings. The van der Waals surface area contributed by atoms with Crippen molar-refractivity contribution in [2.45, 2.75) is 38.3 Å². The molecule has 1 aliphatic carbocycles. The zero-order valence-electron chi connectivity index (χ0n) is 7.60. The van der Waals surface area contributed by atoms with E-state index < -0.39 is 11.6 Å². The maximum Gasteiger partial charge on any atom is 0.343 e. The molecule has 0 heterocycles. The molecule has 0 aromatic carbocycles. The standard InChI is InChI=1S/C9H15FO2/c1-7-3-5-9(10,6-4-7)8(11)12-2/h7H,3-6H2,1-2H3. The first-order valence-electron chi connectivity index (χ1n) is 4.36. The Morgan fingerprint density at radius 2 is 2.00 bits per heavy atom. The van der Waals surface area contributed by atoms with E-state index >= 15 is 0 Å². The summed E-state index contributed by atoms with van der Waals surface area (Å²) in [5.74, 6) is -0.159. The third-order valence-corrected chi connectivity index (χ3v) is 2.62. The number of methoxy groups -OCH3 is 1. The van der Waals surface area contributed by atoms with Crippen molar-refractivity contribution in [3.8, 4) is 0 Å². The highest BCUT2D eigenvalue weighted by Gasteiger charge is 2.42. The minimum absolute atomic E-state index is 0.320. The van der Waals surface area contributed by atoms with Crippen LogP contribution >= 0.6 is 0 Å². The lowest BCUT2D eigenvalue weighted by atomic mass is 9.81. The van der Waals surface area contributed by atoms with E-state index in [1.807, 2.05) is 0 Å². The van der Waals surface area contributed by atoms with Crippen LogP contribution in [0.5, 0.6) is 0 Å². The van der Waals surface area contributed by atoms with E-state index in [1.165, 1.54) is 7.11 Å². The monoisotopic (exact) mass is 174 g/mol. The van der Waals surface area contributed by atoms with Gasteiger partial charge in [-0.25, -0.2) is 9.18 Å². The molecule has 0 atom stereocenters. The Morgan fingerprint density at radius 3 is 2.42 bits per heavy atom. The number of ether oxygens (including phenoxy) is 1. The molecule has 0 saturated heterocycles. The molecule has 0 unspecified atom stereocenters. The molecule has 3 heteroatoms. The number of hydrogen-bond acceptors (Lipinski definition) is 2. The van der Waals surface area contributed by atoms with Crippen LogP contribution in [0.4, 0.5) is 4.39 Å². The van der Waals surface area contributed by atoms with Crippen molar-refractivity contribution < 1.29 is 13.9 Å². The van der Waals surface area contributed by atoms with Crippen LogP contribution in [0.2, 0.25) is 0 Å². The number of hydrogen-bond donors (Lipinski definition) is 0. The van der Waals surface area contributed by atoms with Crippen molar-refractivity contribution in [1.82, 2.24) is 0 Å². The number of halogens is 1. The predicted molar refractivity (Wildman–Crippen MR) is 43.5 cm³/mol. The molecule has 12 heavy (non-hydrogen) atoms. The van der Waals surface area contributed by atoms with Crippen LogP contribution in [0.25, 0.3) is 0 Å². The molecule has 0 N–H and O–H groups in total. The lowest BCUT2D eigenvalue weighted by Gasteiger charge is -2.29. The highest BCUT2D eigenvalue weighted by Crippen LogP contribution is 2.35. The molecule has 2 nitrogen and oxygen atoms in total. The van der Waals surface area contributed by atoms with Gasteiger partial charge >= 0.3 is 5.97 Å². The number of carbonyl (C=O) groups excluding carboxylic acids is 1. The zero-order valence-corrected chi connectivity index (χ0v) is 7.60. The van der Waals surface area contributed by atoms with Gasteiger partial charge in [0.15, 0.2) is 0 Å². The van der Waals surface area contributed by atoms with Crippen LogP contribution in [0.1, 0.15) is 32.6 Å². The van der Waals surface area contributed by atoms with Crippen molar-refractivity contribution >= 4 is 5.97 Å². The Labute approximate surface area is 72.1 Å². The Bertz CT molecular complexity index is 171. The molecule has 0 aliphatic heterocycles. The molecule has 1 saturated carbocycles. The first kappa shape index (κ1) is 9.49. The van der Waals surface area contributed by atoms with Gasteiger partial charge in [0.2, 0.25) is 5.67 Å². The van der Waals surface area contributed by atoms with Gasteiger partial charge in [0.1, 0.15) is 0 Å². The molecule has 1 aliphatic rings. The van der Waals surface area contributed by atoms with Crippen LogP contribution in [0.15, 0.2) is 0 Å². The zero-order chi connectivity index (χ0) is 9.19. The van der Waals surface area contributed by atoms with Crippen molar-refractivity contribution in [1.29, 1.82) is 0 Å². The molecule has 1 rings (SSSR count). The van der Waals surface area contributed by atoms with E-state index in [0.29, 0.717) is 18.8 Å². The lowest BCUT2D eigenvalue weighted by Crippen LogP contribution is -2.38. The second-order valence-corrected chi connectivity index (χ2v) is 3.64. The van der Waals surface area contributed by atoms with Gasteiger partial charge in [0.05, 0.1) is 7.11 Å². The van der Waals surface area contributed by atoms with Gasteiger partial charge < -0.3 is 4.74 Å². The first-order chi connectivity index (χ1) is 5.58. The van der Waals surface area contributed by atoms with Crippen LogP contribution in [-0.4, -0.2) is 18.7 Å². The van der Waals surface area contributed by atoms with E-state index in [1.54, 1.807) is 0 Å². The highest BCUT2D eigenvalue weighted by atomic mass is 19.1. The third-order valence-electron chi connectivity index (χ3n) is 2.62. The minimum Gasteiger partial charge on any atom is -0.467 e. The average Bonchev–Trinajstić information content (AvgIpc) is 2.09. The summed E-state index contributed by atoms with van der Waals surface area (Å²) in [6, 6.07) is 0. The first-order valence-corrected chi connectivity index (χ1v) is 4.36. The summed E-state index contributed by atoms with van der Waals surface area (Å²) < 4.78 is 18.1. The number of alkyl halides is 1. The Balaban J connectivity index is 2.55. The van der Waals surface area contributed by atoms with E-state index in [4.69, 9.17) is 0 Å². The molecule has 1 fully saturated rings. The van der Waals surface area contributed by atoms with Crippen molar-refractivity contribution in [2.24, 2.45) is 5.92 Å². The fourth-order valence-electron chi connectivity index (χ4n) is 1.61. The molecular weight excluding hydrogens is 159 g/mol. The van der Waals surface area contributed by atoms with Crippen LogP contribution in [-0.2, 0) is 9.53 Å². The van der Waals surface area contributed by atoms with E-state index in [2.05, 4.69) is 11.7 Å². The number of esters is 1. The molecule has 0 spiro atoms. The lowest BCUT2D eigenvalue weighted by molar-refractivity contribution is -0.157. The van der Waals surface area contributed by atoms with Gasteiger partial charge in [-0.2, -0.15) is 0 Å². The summed E-state index contributed by atoms with van der Waals surface area (Å²) in [5, 5.41) is 0. The largest absolute Gasteiger partial charge is 0.467 e. The molecule has 0 amide bonds. The van der Waals surface area contributed by atoms with E-state index in [-0.39, 0.29) is 0 Å². The fourth-order valence-corrected chi connectivity index (χ4v) is 1.61. The topological polar surface area (TPSA) is 26.3 Å². The van der Waals surface area contributed by atoms with Gasteiger partial charge in [-0.3, -0.25) is 0 Å². The van der Waals surface area contributed by atoms with Gasteiger partial charge in [-0.05, 0) is 31.6 Å². The summed E-state index contributed by atoms with van der Waals surface area (Å²) in [5.41, 5.74) is -1.69. The van der Waals surface area contributed by atoms with Crippen LogP contribution < -0.4 is 0 Å². The smallest absolute Gasteiger partial charge is 0.343 e. The van der Waals surface area contributed by atoms with Crippen molar-refractivity contribution in [2.75, 3.05) is 7.11 Å². The van der Waals surface area contributed by atoms with Crippen LogP contribution in [0, 0.1) is 5.92 Å². The molecule has 0 radical (unpaired) electrons. The molecular formula is C9H15FO2. The Kier molecular flexibility index (Phi) is 2.70. The normalized spacial score (nSPS) is 36.1. The molecule has 0 bridgehead atoms. The Morgan fingerprint density at radius 1 is 1.50 bits per heavy atom. The SMILES string of the molecule is COC(=O)C1(F)CCC(C)CC1. The van der Waals surface area contributed by atoms with Crippen molar-refractivity contribution in [3.63, 3.8) is 0 Å². The molecule has 70 valence electrons. The number of carbonyl (C=O) groups is 1. The van der Waals surface area contributed by atoms with Crippen LogP contribution in [0.3, 0.4) is 0 Å². The number of rotatable bonds is 1. The summed E-state index contributed by atoms with van der Waals surface area (Å²) in [6.07, 6.45) is 2.21. The van der Waals surface area contributed by atoms with Gasteiger partial charge in [0, 0.05) is 0 Å². The van der Waals surface area contributed by atoms with Gasteiger partial charge in [0.25, 0.3) is 0 Å². The van der Waals surface area contributed by atoms with E-state index in [0.717, 1.165) is 12.8 Å². The van der Waals surface area contributed by atoms with Crippen molar-refractivity contribution in [3.05, 3.63) is 0 Å². The van der Waals surface area contributed by atoms with Gasteiger partial charge in [-0.15, -0.1) is 0 Å². The minimum atomic E-state index is -1.69. The van der Waals surface area contributed by atoms with Gasteiger partial charge in [-0.1, -0.05) is 6.92 Å². The predicted octanol–water partition coefficient (Wildman–Crippen LogP) is 2.08. The second kappa shape index (κ2) is 3.42. The second-order valence-electron chi connectivity index (χ2n) is 3.64. The Hall–Kier alpha value is -0.600. The maximum atomic E-state index is 13.7. The maximum absolute atomic E-state index is 13.7. The molecule has 0 aromatic heterocycles. The van der Waals surface area contributed by atoms with E-state index in [9.17, 15) is 9.18 Å². The summed E-state index contributed by atoms with van der Waals surface area (Å²) in [4.78, 5) is 11.0. The quantitative estimate of drug-likeness (QED) is 0.569. The fraction of sp³-hybridized carbons (Fsp3) is 0.889. The summed E-state index contributed by atoms with van der Waals surface area (Å²) in [7, 11) is 1.24. The summed E-state index contributed by atoms with van der Waals surface area (Å²) >= 11 is 0. The average molecular weight is 174 g/mol. The third kappa shape index (κ3) is 1.76.